The first-order valence-corrected chi connectivity index (χ1v) is 9.85. The molecule has 0 saturated carbocycles. The molecule has 6 heteroatoms. The number of hydrogen-bond acceptors (Lipinski definition) is 4. The molecular weight excluding hydrogens is 387 g/mol. The summed E-state index contributed by atoms with van der Waals surface area (Å²) in [6.07, 6.45) is 0. The Kier molecular flexibility index (Phi) is 5.63. The molecule has 4 rings (SSSR count). The van der Waals surface area contributed by atoms with Gasteiger partial charge in [0.25, 0.3) is 5.91 Å². The number of hydrogen-bond donors (Lipinski definition) is 1. The Labute approximate surface area is 171 Å². The van der Waals surface area contributed by atoms with Gasteiger partial charge in [0.1, 0.15) is 16.6 Å². The smallest absolute Gasteiger partial charge is 0.262 e. The van der Waals surface area contributed by atoms with Crippen molar-refractivity contribution in [3.8, 4) is 27.6 Å². The van der Waals surface area contributed by atoms with Crippen molar-refractivity contribution < 1.29 is 13.9 Å². The van der Waals surface area contributed by atoms with Crippen LogP contribution in [0.15, 0.2) is 84.2 Å². The first-order valence-electron chi connectivity index (χ1n) is 8.97. The molecule has 1 amide bonds. The summed E-state index contributed by atoms with van der Waals surface area (Å²) in [7, 11) is 0. The van der Waals surface area contributed by atoms with Gasteiger partial charge in [0.05, 0.1) is 5.69 Å². The van der Waals surface area contributed by atoms with Gasteiger partial charge >= 0.3 is 0 Å². The average Bonchev–Trinajstić information content (AvgIpc) is 3.25. The van der Waals surface area contributed by atoms with Crippen LogP contribution in [0.25, 0.3) is 21.8 Å². The minimum absolute atomic E-state index is 0.153. The highest BCUT2D eigenvalue weighted by atomic mass is 32.1. The van der Waals surface area contributed by atoms with Gasteiger partial charge in [-0.3, -0.25) is 4.79 Å². The maximum absolute atomic E-state index is 12.9. The lowest BCUT2D eigenvalue weighted by Gasteiger charge is -2.08. The van der Waals surface area contributed by atoms with Gasteiger partial charge in [0.15, 0.2) is 6.61 Å². The van der Waals surface area contributed by atoms with E-state index in [1.807, 2.05) is 60.0 Å². The number of benzene rings is 3. The van der Waals surface area contributed by atoms with Crippen molar-refractivity contribution in [2.24, 2.45) is 0 Å². The van der Waals surface area contributed by atoms with Crippen molar-refractivity contribution in [1.82, 2.24) is 4.98 Å². The van der Waals surface area contributed by atoms with Crippen LogP contribution in [0.1, 0.15) is 0 Å². The summed E-state index contributed by atoms with van der Waals surface area (Å²) in [5.74, 6) is -0.199. The lowest BCUT2D eigenvalue weighted by molar-refractivity contribution is -0.118. The van der Waals surface area contributed by atoms with Crippen molar-refractivity contribution in [3.63, 3.8) is 0 Å². The zero-order valence-corrected chi connectivity index (χ0v) is 16.2. The predicted molar refractivity (Wildman–Crippen MR) is 114 cm³/mol. The van der Waals surface area contributed by atoms with Crippen LogP contribution < -0.4 is 10.1 Å². The Morgan fingerprint density at radius 2 is 1.66 bits per heavy atom. The monoisotopic (exact) mass is 404 g/mol. The number of nitrogens with zero attached hydrogens (tertiary/aromatic N) is 1. The molecule has 144 valence electrons. The number of carbonyl (C=O) groups excluding carboxylic acids is 1. The quantitative estimate of drug-likeness (QED) is 0.453. The van der Waals surface area contributed by atoms with Crippen LogP contribution in [0, 0.1) is 5.82 Å². The number of rotatable bonds is 6. The molecule has 4 aromatic rings. The van der Waals surface area contributed by atoms with E-state index in [4.69, 9.17) is 9.72 Å². The highest BCUT2D eigenvalue weighted by Gasteiger charge is 2.08. The van der Waals surface area contributed by atoms with E-state index in [1.54, 1.807) is 11.3 Å². The molecule has 0 fully saturated rings. The second-order valence-corrected chi connectivity index (χ2v) is 7.13. The second kappa shape index (κ2) is 8.67. The van der Waals surface area contributed by atoms with Gasteiger partial charge in [-0.25, -0.2) is 9.37 Å². The van der Waals surface area contributed by atoms with E-state index in [1.165, 1.54) is 24.3 Å². The lowest BCUT2D eigenvalue weighted by atomic mass is 10.1. The number of halogens is 1. The highest BCUT2D eigenvalue weighted by Crippen LogP contribution is 2.29. The summed E-state index contributed by atoms with van der Waals surface area (Å²) in [6.45, 7) is -0.153. The van der Waals surface area contributed by atoms with Crippen molar-refractivity contribution in [3.05, 3.63) is 90.1 Å². The molecular formula is C23H17FN2O2S. The number of aromatic nitrogens is 1. The molecule has 3 aromatic carbocycles. The van der Waals surface area contributed by atoms with Gasteiger partial charge in [0.2, 0.25) is 0 Å². The van der Waals surface area contributed by atoms with Crippen molar-refractivity contribution in [1.29, 1.82) is 0 Å². The summed E-state index contributed by atoms with van der Waals surface area (Å²) < 4.78 is 18.2. The molecule has 0 atom stereocenters. The summed E-state index contributed by atoms with van der Waals surface area (Å²) >= 11 is 1.60. The summed E-state index contributed by atoms with van der Waals surface area (Å²) in [4.78, 5) is 16.7. The highest BCUT2D eigenvalue weighted by molar-refractivity contribution is 7.13. The van der Waals surface area contributed by atoms with Crippen LogP contribution in [0.4, 0.5) is 10.1 Å². The minimum atomic E-state index is -0.349. The predicted octanol–water partition coefficient (Wildman–Crippen LogP) is 5.63. The van der Waals surface area contributed by atoms with Gasteiger partial charge in [-0.2, -0.15) is 0 Å². The first kappa shape index (κ1) is 18.8. The molecule has 29 heavy (non-hydrogen) atoms. The number of thiazole rings is 1. The lowest BCUT2D eigenvalue weighted by Crippen LogP contribution is -2.20. The number of carbonyl (C=O) groups is 1. The van der Waals surface area contributed by atoms with Crippen LogP contribution in [0.3, 0.4) is 0 Å². The molecule has 1 heterocycles. The van der Waals surface area contributed by atoms with Crippen LogP contribution >= 0.6 is 11.3 Å². The fraction of sp³-hybridized carbons (Fsp3) is 0.0435. The first-order chi connectivity index (χ1) is 14.2. The van der Waals surface area contributed by atoms with Gasteiger partial charge in [-0.15, -0.1) is 11.3 Å². The number of amides is 1. The SMILES string of the molecule is O=C(COc1ccc(F)cc1)Nc1ccc(-c2csc(-c3ccccc3)n2)cc1. The Balaban J connectivity index is 1.36. The molecule has 0 saturated heterocycles. The zero-order chi connectivity index (χ0) is 20.1. The van der Waals surface area contributed by atoms with Crippen LogP contribution in [0.2, 0.25) is 0 Å². The molecule has 0 radical (unpaired) electrons. The third-order valence-corrected chi connectivity index (χ3v) is 5.06. The normalized spacial score (nSPS) is 10.5. The van der Waals surface area contributed by atoms with E-state index in [2.05, 4.69) is 5.32 Å². The van der Waals surface area contributed by atoms with Gasteiger partial charge in [0, 0.05) is 22.2 Å². The standard InChI is InChI=1S/C23H17FN2O2S/c24-18-8-12-20(13-9-18)28-14-22(27)25-19-10-6-16(7-11-19)21-15-29-23(26-21)17-4-2-1-3-5-17/h1-13,15H,14H2,(H,25,27). The van der Waals surface area contributed by atoms with Gasteiger partial charge < -0.3 is 10.1 Å². The third kappa shape index (κ3) is 4.86. The van der Waals surface area contributed by atoms with Crippen molar-refractivity contribution in [2.75, 3.05) is 11.9 Å². The maximum atomic E-state index is 12.9. The van der Waals surface area contributed by atoms with Crippen LogP contribution in [-0.2, 0) is 4.79 Å². The van der Waals surface area contributed by atoms with E-state index in [0.717, 1.165) is 21.8 Å². The molecule has 0 spiro atoms. The molecule has 0 aliphatic carbocycles. The molecule has 0 unspecified atom stereocenters. The van der Waals surface area contributed by atoms with E-state index in [9.17, 15) is 9.18 Å². The van der Waals surface area contributed by atoms with E-state index >= 15 is 0 Å². The van der Waals surface area contributed by atoms with Crippen LogP contribution in [-0.4, -0.2) is 17.5 Å². The summed E-state index contributed by atoms with van der Waals surface area (Å²) in [5.41, 5.74) is 3.63. The maximum Gasteiger partial charge on any atom is 0.262 e. The fourth-order valence-corrected chi connectivity index (χ4v) is 3.56. The third-order valence-electron chi connectivity index (χ3n) is 4.17. The zero-order valence-electron chi connectivity index (χ0n) is 15.3. The van der Waals surface area contributed by atoms with E-state index in [0.29, 0.717) is 11.4 Å². The average molecular weight is 404 g/mol. The van der Waals surface area contributed by atoms with Crippen molar-refractivity contribution in [2.45, 2.75) is 0 Å². The molecule has 1 N–H and O–H groups in total. The Bertz CT molecular complexity index is 1090. The van der Waals surface area contributed by atoms with E-state index < -0.39 is 0 Å². The Morgan fingerprint density at radius 1 is 0.931 bits per heavy atom. The van der Waals surface area contributed by atoms with Gasteiger partial charge in [-0.1, -0.05) is 42.5 Å². The van der Waals surface area contributed by atoms with Crippen LogP contribution in [0.5, 0.6) is 5.75 Å². The second-order valence-electron chi connectivity index (χ2n) is 6.27. The minimum Gasteiger partial charge on any atom is -0.484 e. The number of nitrogens with one attached hydrogen (secondary N) is 1. The summed E-state index contributed by atoms with van der Waals surface area (Å²) in [6, 6.07) is 23.1. The van der Waals surface area contributed by atoms with Gasteiger partial charge in [-0.05, 0) is 36.4 Å². The number of anilines is 1. The molecule has 0 bridgehead atoms. The van der Waals surface area contributed by atoms with Crippen molar-refractivity contribution >= 4 is 22.9 Å². The Morgan fingerprint density at radius 3 is 2.38 bits per heavy atom. The summed E-state index contributed by atoms with van der Waals surface area (Å²) in [5, 5.41) is 5.77. The fourth-order valence-electron chi connectivity index (χ4n) is 2.72. The number of ether oxygens (including phenoxy) is 1. The molecule has 0 aliphatic heterocycles. The van der Waals surface area contributed by atoms with E-state index in [-0.39, 0.29) is 18.3 Å². The Hall–Kier alpha value is -3.51. The topological polar surface area (TPSA) is 51.2 Å². The molecule has 1 aromatic heterocycles. The molecule has 4 nitrogen and oxygen atoms in total. The molecule has 0 aliphatic rings. The largest absolute Gasteiger partial charge is 0.484 e.